The van der Waals surface area contributed by atoms with Crippen molar-refractivity contribution in [3.05, 3.63) is 50.6 Å². The smallest absolute Gasteiger partial charge is 0.262 e. The van der Waals surface area contributed by atoms with E-state index in [2.05, 4.69) is 32.8 Å². The van der Waals surface area contributed by atoms with Gasteiger partial charge in [0.05, 0.1) is 10.7 Å². The minimum absolute atomic E-state index is 0.102. The van der Waals surface area contributed by atoms with Crippen LogP contribution in [0.25, 0.3) is 0 Å². The Balaban J connectivity index is 1.68. The fourth-order valence-corrected chi connectivity index (χ4v) is 4.47. The van der Waals surface area contributed by atoms with Crippen molar-refractivity contribution in [1.82, 2.24) is 4.90 Å². The summed E-state index contributed by atoms with van der Waals surface area (Å²) in [4.78, 5) is 15.5. The number of halogens is 1. The van der Waals surface area contributed by atoms with E-state index in [0.717, 1.165) is 38.5 Å². The van der Waals surface area contributed by atoms with Gasteiger partial charge in [-0.3, -0.25) is 4.79 Å². The molecule has 0 spiro atoms. The number of aryl methyl sites for hydroxylation is 2. The third-order valence-corrected chi connectivity index (χ3v) is 6.55. The van der Waals surface area contributed by atoms with E-state index in [0.29, 0.717) is 11.5 Å². The van der Waals surface area contributed by atoms with E-state index in [4.69, 9.17) is 21.7 Å². The molecule has 5 nitrogen and oxygen atoms in total. The highest BCUT2D eigenvalue weighted by Crippen LogP contribution is 2.34. The molecule has 30 heavy (non-hydrogen) atoms. The number of hydrogen-bond acceptors (Lipinski definition) is 4. The van der Waals surface area contributed by atoms with Crippen LogP contribution in [0.5, 0.6) is 11.5 Å². The molecule has 7 heteroatoms. The zero-order chi connectivity index (χ0) is 21.7. The maximum Gasteiger partial charge on any atom is 0.262 e. The van der Waals surface area contributed by atoms with E-state index in [9.17, 15) is 4.79 Å². The van der Waals surface area contributed by atoms with Crippen molar-refractivity contribution in [3.63, 3.8) is 0 Å². The number of nitrogens with zero attached hydrogens (tertiary/aromatic N) is 1. The normalized spacial score (nSPS) is 13.7. The molecule has 0 saturated carbocycles. The minimum Gasteiger partial charge on any atom is -0.493 e. The Hall–Kier alpha value is -1.87. The number of methoxy groups -OCH3 is 1. The summed E-state index contributed by atoms with van der Waals surface area (Å²) in [5.74, 6) is 0.915. The molecule has 0 radical (unpaired) electrons. The van der Waals surface area contributed by atoms with Gasteiger partial charge in [0.25, 0.3) is 5.91 Å². The average Bonchev–Trinajstić information content (AvgIpc) is 2.75. The summed E-state index contributed by atoms with van der Waals surface area (Å²) >= 11 is 7.91. The van der Waals surface area contributed by atoms with Gasteiger partial charge in [-0.25, -0.2) is 0 Å². The summed E-state index contributed by atoms with van der Waals surface area (Å²) in [6.45, 7) is 5.95. The van der Waals surface area contributed by atoms with Crippen LogP contribution in [0.4, 0.5) is 5.69 Å². The lowest BCUT2D eigenvalue weighted by molar-refractivity contribution is -0.118. The highest BCUT2D eigenvalue weighted by atomic mass is 127. The number of benzene rings is 2. The Morgan fingerprint density at radius 2 is 1.87 bits per heavy atom. The second-order valence-electron chi connectivity index (χ2n) is 7.48. The Morgan fingerprint density at radius 1 is 1.13 bits per heavy atom. The Labute approximate surface area is 197 Å². The van der Waals surface area contributed by atoms with Crippen molar-refractivity contribution in [1.29, 1.82) is 0 Å². The van der Waals surface area contributed by atoms with Crippen LogP contribution in [0.3, 0.4) is 0 Å². The van der Waals surface area contributed by atoms with Gasteiger partial charge in [-0.1, -0.05) is 18.3 Å². The fraction of sp³-hybridized carbons (Fsp3) is 0.391. The van der Waals surface area contributed by atoms with Crippen molar-refractivity contribution in [2.24, 2.45) is 0 Å². The van der Waals surface area contributed by atoms with Crippen LogP contribution in [-0.4, -0.2) is 42.6 Å². The number of amides is 1. The first-order chi connectivity index (χ1) is 14.4. The van der Waals surface area contributed by atoms with Crippen LogP contribution in [0.2, 0.25) is 0 Å². The lowest BCUT2D eigenvalue weighted by atomic mass is 10.1. The second kappa shape index (κ2) is 10.4. The zero-order valence-electron chi connectivity index (χ0n) is 17.6. The first-order valence-corrected chi connectivity index (χ1v) is 11.5. The predicted molar refractivity (Wildman–Crippen MR) is 133 cm³/mol. The molecule has 1 aliphatic heterocycles. The molecule has 1 fully saturated rings. The van der Waals surface area contributed by atoms with E-state index in [1.165, 1.54) is 24.8 Å². The van der Waals surface area contributed by atoms with E-state index >= 15 is 0 Å². The van der Waals surface area contributed by atoms with Crippen LogP contribution in [-0.2, 0) is 4.79 Å². The number of hydrogen-bond donors (Lipinski definition) is 1. The second-order valence-corrected chi connectivity index (χ2v) is 9.03. The molecule has 1 heterocycles. The number of carbonyl (C=O) groups excluding carboxylic acids is 1. The number of likely N-dealkylation sites (tertiary alicyclic amines) is 1. The minimum atomic E-state index is -0.218. The molecular formula is C23H27IN2O3S. The molecule has 1 saturated heterocycles. The number of anilines is 1. The largest absolute Gasteiger partial charge is 0.493 e. The van der Waals surface area contributed by atoms with Crippen molar-refractivity contribution in [2.75, 3.05) is 32.1 Å². The Kier molecular flexibility index (Phi) is 7.93. The third-order valence-electron chi connectivity index (χ3n) is 5.26. The maximum atomic E-state index is 12.4. The highest BCUT2D eigenvalue weighted by molar-refractivity contribution is 14.1. The lowest BCUT2D eigenvalue weighted by Gasteiger charge is -2.29. The lowest BCUT2D eigenvalue weighted by Crippen LogP contribution is -2.35. The molecular weight excluding hydrogens is 511 g/mol. The van der Waals surface area contributed by atoms with Crippen LogP contribution < -0.4 is 14.8 Å². The molecule has 0 bridgehead atoms. The number of thiocarbonyl (C=S) groups is 1. The SMILES string of the molecule is COc1cc(C(=S)N2CCCCC2)cc(I)c1OCC(=O)Nc1ccc(C)c(C)c1. The number of ether oxygens (including phenoxy) is 2. The first-order valence-electron chi connectivity index (χ1n) is 10.1. The van der Waals surface area contributed by atoms with Crippen LogP contribution >= 0.6 is 34.8 Å². The molecule has 1 N–H and O–H groups in total. The molecule has 2 aromatic carbocycles. The van der Waals surface area contributed by atoms with Crippen LogP contribution in [0.15, 0.2) is 30.3 Å². The van der Waals surface area contributed by atoms with Crippen LogP contribution in [0.1, 0.15) is 36.0 Å². The molecule has 1 aliphatic rings. The zero-order valence-corrected chi connectivity index (χ0v) is 20.6. The molecule has 0 aromatic heterocycles. The van der Waals surface area contributed by atoms with Gasteiger partial charge in [0, 0.05) is 24.3 Å². The molecule has 1 amide bonds. The van der Waals surface area contributed by atoms with Crippen molar-refractivity contribution in [3.8, 4) is 11.5 Å². The first kappa shape index (κ1) is 22.8. The van der Waals surface area contributed by atoms with E-state index in [1.54, 1.807) is 7.11 Å². The number of rotatable bonds is 6. The summed E-state index contributed by atoms with van der Waals surface area (Å²) in [6.07, 6.45) is 3.60. The Bertz CT molecular complexity index is 942. The monoisotopic (exact) mass is 538 g/mol. The Morgan fingerprint density at radius 3 is 2.53 bits per heavy atom. The van der Waals surface area contributed by atoms with Gasteiger partial charge in [-0.05, 0) is 91.1 Å². The van der Waals surface area contributed by atoms with Gasteiger partial charge in [0.1, 0.15) is 4.99 Å². The quantitative estimate of drug-likeness (QED) is 0.410. The van der Waals surface area contributed by atoms with E-state index in [-0.39, 0.29) is 12.5 Å². The molecule has 3 rings (SSSR count). The topological polar surface area (TPSA) is 50.8 Å². The summed E-state index contributed by atoms with van der Waals surface area (Å²) in [5.41, 5.74) is 4.02. The van der Waals surface area contributed by atoms with Gasteiger partial charge in [0.2, 0.25) is 0 Å². The average molecular weight is 538 g/mol. The van der Waals surface area contributed by atoms with Gasteiger partial charge in [-0.2, -0.15) is 0 Å². The van der Waals surface area contributed by atoms with Crippen LogP contribution in [0, 0.1) is 17.4 Å². The van der Waals surface area contributed by atoms with Gasteiger partial charge in [0.15, 0.2) is 18.1 Å². The predicted octanol–water partition coefficient (Wildman–Crippen LogP) is 5.10. The van der Waals surface area contributed by atoms with Crippen molar-refractivity contribution < 1.29 is 14.3 Å². The summed E-state index contributed by atoms with van der Waals surface area (Å²) in [6, 6.07) is 9.73. The van der Waals surface area contributed by atoms with Gasteiger partial charge < -0.3 is 19.7 Å². The number of nitrogens with one attached hydrogen (secondary N) is 1. The third kappa shape index (κ3) is 5.63. The highest BCUT2D eigenvalue weighted by Gasteiger charge is 2.19. The molecule has 160 valence electrons. The van der Waals surface area contributed by atoms with E-state index in [1.807, 2.05) is 44.2 Å². The molecule has 2 aromatic rings. The maximum absolute atomic E-state index is 12.4. The van der Waals surface area contributed by atoms with Gasteiger partial charge in [-0.15, -0.1) is 0 Å². The molecule has 0 atom stereocenters. The summed E-state index contributed by atoms with van der Waals surface area (Å²) < 4.78 is 12.2. The summed E-state index contributed by atoms with van der Waals surface area (Å²) in [5, 5.41) is 2.88. The number of piperidine rings is 1. The fourth-order valence-electron chi connectivity index (χ4n) is 3.42. The number of carbonyl (C=O) groups is 1. The standard InChI is InChI=1S/C23H27IN2O3S/c1-15-7-8-18(11-16(15)2)25-21(27)14-29-22-19(24)12-17(13-20(22)28-3)23(30)26-9-5-4-6-10-26/h7-8,11-13H,4-6,9-10,14H2,1-3H3,(H,25,27). The molecule has 0 aliphatic carbocycles. The summed E-state index contributed by atoms with van der Waals surface area (Å²) in [7, 11) is 1.60. The van der Waals surface area contributed by atoms with Crippen molar-refractivity contribution >= 4 is 51.4 Å². The van der Waals surface area contributed by atoms with E-state index < -0.39 is 0 Å². The van der Waals surface area contributed by atoms with Gasteiger partial charge >= 0.3 is 0 Å². The van der Waals surface area contributed by atoms with Crippen molar-refractivity contribution in [2.45, 2.75) is 33.1 Å². The molecule has 0 unspecified atom stereocenters.